The molecule has 88 valence electrons. The molecule has 0 radical (unpaired) electrons. The normalized spacial score (nSPS) is 12.2. The number of hydrogen-bond acceptors (Lipinski definition) is 2. The summed E-state index contributed by atoms with van der Waals surface area (Å²) in [4.78, 5) is 11.6. The number of phenols is 1. The number of alkyl halides is 1. The van der Waals surface area contributed by atoms with E-state index >= 15 is 0 Å². The minimum Gasteiger partial charge on any atom is -0.507 e. The van der Waals surface area contributed by atoms with Crippen LogP contribution in [-0.4, -0.2) is 22.9 Å². The summed E-state index contributed by atoms with van der Waals surface area (Å²) in [6, 6.07) is 3.12. The molecule has 1 aromatic carbocycles. The lowest BCUT2D eigenvalue weighted by molar-refractivity contribution is 0.0936. The monoisotopic (exact) mass is 245 g/mol. The Hall–Kier alpha value is -1.29. The van der Waals surface area contributed by atoms with Crippen molar-refractivity contribution in [2.45, 2.75) is 19.4 Å². The number of nitrogens with one attached hydrogen (secondary N) is 1. The van der Waals surface area contributed by atoms with Gasteiger partial charge in [0, 0.05) is 11.9 Å². The molecule has 0 spiro atoms. The standard InChI is InChI=1S/C11H13ClFNO2/c1-7(4-5-12)14-11(16)9-6-8(13)2-3-10(9)15/h2-3,6-7,15H,4-5H2,1H3,(H,14,16). The molecule has 0 aliphatic carbocycles. The van der Waals surface area contributed by atoms with Gasteiger partial charge in [-0.3, -0.25) is 4.79 Å². The summed E-state index contributed by atoms with van der Waals surface area (Å²) in [6.07, 6.45) is 0.614. The van der Waals surface area contributed by atoms with Crippen molar-refractivity contribution >= 4 is 17.5 Å². The number of hydrogen-bond donors (Lipinski definition) is 2. The predicted octanol–water partition coefficient (Wildman–Crippen LogP) is 2.28. The topological polar surface area (TPSA) is 49.3 Å². The third-order valence-corrected chi connectivity index (χ3v) is 2.34. The average Bonchev–Trinajstić information content (AvgIpc) is 2.21. The van der Waals surface area contributed by atoms with E-state index in [-0.39, 0.29) is 17.4 Å². The zero-order valence-corrected chi connectivity index (χ0v) is 9.59. The molecule has 0 aromatic heterocycles. The number of phenolic OH excluding ortho intramolecular Hbond substituents is 1. The van der Waals surface area contributed by atoms with Crippen LogP contribution in [0.4, 0.5) is 4.39 Å². The van der Waals surface area contributed by atoms with Crippen molar-refractivity contribution in [2.24, 2.45) is 0 Å². The number of rotatable bonds is 4. The lowest BCUT2D eigenvalue weighted by Gasteiger charge is -2.12. The van der Waals surface area contributed by atoms with Gasteiger partial charge in [0.25, 0.3) is 5.91 Å². The van der Waals surface area contributed by atoms with Crippen molar-refractivity contribution in [2.75, 3.05) is 5.88 Å². The summed E-state index contributed by atoms with van der Waals surface area (Å²) in [5.74, 6) is -0.879. The molecule has 1 rings (SSSR count). The van der Waals surface area contributed by atoms with Crippen LogP contribution in [0.15, 0.2) is 18.2 Å². The third-order valence-electron chi connectivity index (χ3n) is 2.12. The smallest absolute Gasteiger partial charge is 0.255 e. The van der Waals surface area contributed by atoms with Crippen LogP contribution in [-0.2, 0) is 0 Å². The Morgan fingerprint density at radius 1 is 1.62 bits per heavy atom. The summed E-state index contributed by atoms with van der Waals surface area (Å²) in [5, 5.41) is 12.0. The zero-order chi connectivity index (χ0) is 12.1. The largest absolute Gasteiger partial charge is 0.507 e. The molecule has 16 heavy (non-hydrogen) atoms. The first kappa shape index (κ1) is 12.8. The number of carbonyl (C=O) groups excluding carboxylic acids is 1. The fourth-order valence-corrected chi connectivity index (χ4v) is 1.55. The minimum atomic E-state index is -0.562. The molecular weight excluding hydrogens is 233 g/mol. The maximum Gasteiger partial charge on any atom is 0.255 e. The van der Waals surface area contributed by atoms with Gasteiger partial charge in [-0.2, -0.15) is 0 Å². The van der Waals surface area contributed by atoms with Crippen LogP contribution in [0.3, 0.4) is 0 Å². The van der Waals surface area contributed by atoms with E-state index in [0.29, 0.717) is 12.3 Å². The SMILES string of the molecule is CC(CCCl)NC(=O)c1cc(F)ccc1O. The highest BCUT2D eigenvalue weighted by Crippen LogP contribution is 2.17. The van der Waals surface area contributed by atoms with E-state index in [0.717, 1.165) is 18.2 Å². The van der Waals surface area contributed by atoms with E-state index in [2.05, 4.69) is 5.32 Å². The van der Waals surface area contributed by atoms with Crippen molar-refractivity contribution in [3.05, 3.63) is 29.6 Å². The Morgan fingerprint density at radius 2 is 2.31 bits per heavy atom. The Morgan fingerprint density at radius 3 is 2.94 bits per heavy atom. The summed E-state index contributed by atoms with van der Waals surface area (Å²) in [5.41, 5.74) is -0.0681. The summed E-state index contributed by atoms with van der Waals surface area (Å²) >= 11 is 5.52. The predicted molar refractivity (Wildman–Crippen MR) is 60.3 cm³/mol. The molecule has 0 saturated heterocycles. The highest BCUT2D eigenvalue weighted by Gasteiger charge is 2.14. The Balaban J connectivity index is 2.76. The van der Waals surface area contributed by atoms with Crippen LogP contribution < -0.4 is 5.32 Å². The lowest BCUT2D eigenvalue weighted by Crippen LogP contribution is -2.32. The molecule has 0 fully saturated rings. The molecule has 1 aromatic rings. The van der Waals surface area contributed by atoms with E-state index < -0.39 is 11.7 Å². The molecule has 0 bridgehead atoms. The maximum atomic E-state index is 12.9. The summed E-state index contributed by atoms with van der Waals surface area (Å²) < 4.78 is 12.9. The van der Waals surface area contributed by atoms with Gasteiger partial charge in [-0.15, -0.1) is 11.6 Å². The van der Waals surface area contributed by atoms with Gasteiger partial charge >= 0.3 is 0 Å². The Labute approximate surface area is 98.2 Å². The van der Waals surface area contributed by atoms with E-state index in [1.54, 1.807) is 6.92 Å². The van der Waals surface area contributed by atoms with E-state index in [9.17, 15) is 14.3 Å². The first-order valence-electron chi connectivity index (χ1n) is 4.90. The molecule has 1 amide bonds. The maximum absolute atomic E-state index is 12.9. The van der Waals surface area contributed by atoms with Crippen LogP contribution >= 0.6 is 11.6 Å². The van der Waals surface area contributed by atoms with Crippen molar-refractivity contribution in [3.8, 4) is 5.75 Å². The first-order valence-corrected chi connectivity index (χ1v) is 5.43. The molecule has 1 atom stereocenters. The van der Waals surface area contributed by atoms with Gasteiger partial charge in [-0.1, -0.05) is 0 Å². The molecule has 0 heterocycles. The molecular formula is C11H13ClFNO2. The van der Waals surface area contributed by atoms with Crippen LogP contribution in [0.25, 0.3) is 0 Å². The van der Waals surface area contributed by atoms with Gasteiger partial charge in [-0.05, 0) is 31.5 Å². The quantitative estimate of drug-likeness (QED) is 0.800. The van der Waals surface area contributed by atoms with Crippen LogP contribution in [0.1, 0.15) is 23.7 Å². The minimum absolute atomic E-state index is 0.0681. The molecule has 0 aliphatic heterocycles. The molecule has 2 N–H and O–H groups in total. The number of halogens is 2. The Kier molecular flexibility index (Phi) is 4.55. The molecule has 3 nitrogen and oxygen atoms in total. The number of aromatic hydroxyl groups is 1. The highest BCUT2D eigenvalue weighted by molar-refractivity contribution is 6.17. The number of carbonyl (C=O) groups is 1. The average molecular weight is 246 g/mol. The molecule has 5 heteroatoms. The number of benzene rings is 1. The summed E-state index contributed by atoms with van der Waals surface area (Å²) in [6.45, 7) is 1.79. The van der Waals surface area contributed by atoms with Crippen LogP contribution in [0.5, 0.6) is 5.75 Å². The molecule has 0 saturated carbocycles. The van der Waals surface area contributed by atoms with Crippen LogP contribution in [0, 0.1) is 5.82 Å². The summed E-state index contributed by atoms with van der Waals surface area (Å²) in [7, 11) is 0. The van der Waals surface area contributed by atoms with E-state index in [1.165, 1.54) is 0 Å². The fraction of sp³-hybridized carbons (Fsp3) is 0.364. The van der Waals surface area contributed by atoms with Crippen molar-refractivity contribution in [3.63, 3.8) is 0 Å². The van der Waals surface area contributed by atoms with Gasteiger partial charge in [0.1, 0.15) is 11.6 Å². The highest BCUT2D eigenvalue weighted by atomic mass is 35.5. The van der Waals surface area contributed by atoms with Gasteiger partial charge in [0.05, 0.1) is 5.56 Å². The molecule has 1 unspecified atom stereocenters. The third kappa shape index (κ3) is 3.38. The fourth-order valence-electron chi connectivity index (χ4n) is 1.23. The van der Waals surface area contributed by atoms with Crippen molar-refractivity contribution in [1.82, 2.24) is 5.32 Å². The Bertz CT molecular complexity index is 384. The van der Waals surface area contributed by atoms with Gasteiger partial charge in [-0.25, -0.2) is 4.39 Å². The van der Waals surface area contributed by atoms with E-state index in [1.807, 2.05) is 0 Å². The second-order valence-electron chi connectivity index (χ2n) is 3.51. The second kappa shape index (κ2) is 5.70. The van der Waals surface area contributed by atoms with Crippen molar-refractivity contribution < 1.29 is 14.3 Å². The van der Waals surface area contributed by atoms with Crippen LogP contribution in [0.2, 0.25) is 0 Å². The van der Waals surface area contributed by atoms with Gasteiger partial charge in [0.2, 0.25) is 0 Å². The second-order valence-corrected chi connectivity index (χ2v) is 3.89. The molecule has 0 aliphatic rings. The van der Waals surface area contributed by atoms with Gasteiger partial charge in [0.15, 0.2) is 0 Å². The van der Waals surface area contributed by atoms with Crippen molar-refractivity contribution in [1.29, 1.82) is 0 Å². The first-order chi connectivity index (χ1) is 7.54. The lowest BCUT2D eigenvalue weighted by atomic mass is 10.1. The zero-order valence-electron chi connectivity index (χ0n) is 8.84. The van der Waals surface area contributed by atoms with E-state index in [4.69, 9.17) is 11.6 Å². The number of amides is 1. The van der Waals surface area contributed by atoms with Gasteiger partial charge < -0.3 is 10.4 Å².